The lowest BCUT2D eigenvalue weighted by atomic mass is 9.98. The van der Waals surface area contributed by atoms with Gasteiger partial charge in [0.05, 0.1) is 10.8 Å². The van der Waals surface area contributed by atoms with Gasteiger partial charge in [0.2, 0.25) is 17.7 Å². The zero-order valence-corrected chi connectivity index (χ0v) is 23.0. The molecule has 4 N–H and O–H groups in total. The van der Waals surface area contributed by atoms with Crippen LogP contribution in [0, 0.1) is 5.92 Å². The Morgan fingerprint density at radius 1 is 0.947 bits per heavy atom. The summed E-state index contributed by atoms with van der Waals surface area (Å²) in [5, 5.41) is 3.29. The van der Waals surface area contributed by atoms with Crippen molar-refractivity contribution in [3.63, 3.8) is 0 Å². The normalized spacial score (nSPS) is 12.8. The monoisotopic (exact) mass is 573 g/mol. The zero-order chi connectivity index (χ0) is 27.9. The highest BCUT2D eigenvalue weighted by atomic mass is 35.5. The van der Waals surface area contributed by atoms with Gasteiger partial charge in [-0.2, -0.15) is 12.6 Å². The van der Waals surface area contributed by atoms with Crippen LogP contribution in [0.4, 0.5) is 0 Å². The minimum absolute atomic E-state index is 0.0391. The molecule has 0 heterocycles. The van der Waals surface area contributed by atoms with Crippen molar-refractivity contribution in [2.45, 2.75) is 30.7 Å². The second-order valence-electron chi connectivity index (χ2n) is 8.74. The maximum Gasteiger partial charge on any atom is 0.264 e. The molecule has 3 rings (SSSR count). The van der Waals surface area contributed by atoms with Crippen LogP contribution in [0.2, 0.25) is 5.02 Å². The number of benzene rings is 3. The largest absolute Gasteiger partial charge is 0.368 e. The van der Waals surface area contributed by atoms with Gasteiger partial charge in [-0.1, -0.05) is 66.2 Å². The van der Waals surface area contributed by atoms with Crippen LogP contribution < -0.4 is 15.8 Å². The highest BCUT2D eigenvalue weighted by Gasteiger charge is 2.25. The summed E-state index contributed by atoms with van der Waals surface area (Å²) in [6.07, 6.45) is 0.542. The summed E-state index contributed by atoms with van der Waals surface area (Å²) in [5.41, 5.74) is 8.16. The van der Waals surface area contributed by atoms with E-state index in [9.17, 15) is 22.8 Å². The van der Waals surface area contributed by atoms with Crippen LogP contribution in [0.5, 0.6) is 0 Å². The SMILES string of the molecule is CC(=O)NS(=O)(=O)c1ccccc1-c1ccc(CC(NC(=O)[C@@H](CS)Cc2cccc(Cl)c2)C(N)=O)cc1. The fraction of sp³-hybridized carbons (Fsp3) is 0.222. The van der Waals surface area contributed by atoms with Crippen molar-refractivity contribution in [2.24, 2.45) is 11.7 Å². The first-order valence-corrected chi connectivity index (χ1v) is 14.2. The van der Waals surface area contributed by atoms with Crippen molar-refractivity contribution in [1.82, 2.24) is 10.0 Å². The number of hydrogen-bond donors (Lipinski definition) is 4. The molecule has 8 nitrogen and oxygen atoms in total. The summed E-state index contributed by atoms with van der Waals surface area (Å²) in [5.74, 6) is -1.96. The topological polar surface area (TPSA) is 135 Å². The van der Waals surface area contributed by atoms with Gasteiger partial charge in [0.15, 0.2) is 0 Å². The maximum atomic E-state index is 12.9. The number of carbonyl (C=O) groups excluding carboxylic acids is 3. The minimum Gasteiger partial charge on any atom is -0.368 e. The number of nitrogens with one attached hydrogen (secondary N) is 2. The van der Waals surface area contributed by atoms with E-state index in [4.69, 9.17) is 17.3 Å². The molecule has 0 fully saturated rings. The maximum absolute atomic E-state index is 12.9. The molecule has 0 aromatic heterocycles. The van der Waals surface area contributed by atoms with Crippen molar-refractivity contribution < 1.29 is 22.8 Å². The Morgan fingerprint density at radius 3 is 2.24 bits per heavy atom. The van der Waals surface area contributed by atoms with Crippen LogP contribution in [0.15, 0.2) is 77.7 Å². The van der Waals surface area contributed by atoms with Crippen molar-refractivity contribution in [3.8, 4) is 11.1 Å². The molecule has 200 valence electrons. The Balaban J connectivity index is 1.75. The third-order valence-electron chi connectivity index (χ3n) is 5.78. The van der Waals surface area contributed by atoms with Gasteiger partial charge in [-0.3, -0.25) is 14.4 Å². The summed E-state index contributed by atoms with van der Waals surface area (Å²) in [4.78, 5) is 36.4. The highest BCUT2D eigenvalue weighted by molar-refractivity contribution is 7.90. The number of halogens is 1. The molecule has 0 aliphatic carbocycles. The van der Waals surface area contributed by atoms with Gasteiger partial charge in [-0.05, 0) is 41.3 Å². The second-order valence-corrected chi connectivity index (χ2v) is 11.2. The molecule has 1 unspecified atom stereocenters. The third-order valence-corrected chi connectivity index (χ3v) is 7.95. The van der Waals surface area contributed by atoms with Gasteiger partial charge in [-0.25, -0.2) is 13.1 Å². The first-order chi connectivity index (χ1) is 18.0. The molecule has 3 aromatic rings. The molecular formula is C27H28ClN3O5S2. The predicted molar refractivity (Wildman–Crippen MR) is 150 cm³/mol. The summed E-state index contributed by atoms with van der Waals surface area (Å²) in [6.45, 7) is 1.12. The molecule has 3 aromatic carbocycles. The van der Waals surface area contributed by atoms with E-state index in [1.54, 1.807) is 60.7 Å². The molecule has 2 atom stereocenters. The standard InChI is InChI=1S/C27H28ClN3O5S2/c1-17(32)31-38(35,36)25-8-3-2-7-23(25)20-11-9-18(10-12-20)15-24(26(29)33)30-27(34)21(16-37)13-19-5-4-6-22(28)14-19/h2-12,14,21,24,37H,13,15-16H2,1H3,(H2,29,33)(H,30,34)(H,31,32)/t21-,24?/m1/s1. The predicted octanol–water partition coefficient (Wildman–Crippen LogP) is 3.13. The number of carbonyl (C=O) groups is 3. The molecule has 0 saturated carbocycles. The van der Waals surface area contributed by atoms with Gasteiger partial charge < -0.3 is 11.1 Å². The number of hydrogen-bond acceptors (Lipinski definition) is 6. The van der Waals surface area contributed by atoms with Gasteiger partial charge in [0.25, 0.3) is 10.0 Å². The van der Waals surface area contributed by atoms with E-state index in [0.717, 1.165) is 12.5 Å². The molecule has 0 bridgehead atoms. The van der Waals surface area contributed by atoms with E-state index < -0.39 is 33.8 Å². The molecule has 0 aliphatic heterocycles. The lowest BCUT2D eigenvalue weighted by molar-refractivity contribution is -0.129. The fourth-order valence-electron chi connectivity index (χ4n) is 3.94. The molecular weight excluding hydrogens is 546 g/mol. The quantitative estimate of drug-likeness (QED) is 0.261. The van der Waals surface area contributed by atoms with Gasteiger partial charge in [0, 0.05) is 29.7 Å². The lowest BCUT2D eigenvalue weighted by Gasteiger charge is -2.20. The van der Waals surface area contributed by atoms with Crippen LogP contribution in [-0.4, -0.2) is 37.9 Å². The van der Waals surface area contributed by atoms with E-state index in [-0.39, 0.29) is 23.0 Å². The Bertz CT molecular complexity index is 1430. The van der Waals surface area contributed by atoms with E-state index in [2.05, 4.69) is 17.9 Å². The van der Waals surface area contributed by atoms with E-state index in [0.29, 0.717) is 28.1 Å². The van der Waals surface area contributed by atoms with Crippen LogP contribution in [0.3, 0.4) is 0 Å². The molecule has 38 heavy (non-hydrogen) atoms. The van der Waals surface area contributed by atoms with Gasteiger partial charge in [0.1, 0.15) is 6.04 Å². The number of amides is 3. The number of primary amides is 1. The minimum atomic E-state index is -4.05. The second kappa shape index (κ2) is 12.9. The van der Waals surface area contributed by atoms with Crippen molar-refractivity contribution in [2.75, 3.05) is 5.75 Å². The van der Waals surface area contributed by atoms with E-state index in [1.165, 1.54) is 6.07 Å². The first kappa shape index (κ1) is 29.2. The number of sulfonamides is 1. The van der Waals surface area contributed by atoms with Gasteiger partial charge >= 0.3 is 0 Å². The zero-order valence-electron chi connectivity index (χ0n) is 20.6. The molecule has 0 radical (unpaired) electrons. The van der Waals surface area contributed by atoms with Crippen molar-refractivity contribution in [3.05, 3.63) is 88.9 Å². The van der Waals surface area contributed by atoms with Crippen LogP contribution in [0.25, 0.3) is 11.1 Å². The van der Waals surface area contributed by atoms with E-state index >= 15 is 0 Å². The lowest BCUT2D eigenvalue weighted by Crippen LogP contribution is -2.48. The average Bonchev–Trinajstić information content (AvgIpc) is 2.86. The van der Waals surface area contributed by atoms with E-state index in [1.807, 2.05) is 10.8 Å². The Hall–Kier alpha value is -3.34. The Labute approximate surface area is 232 Å². The van der Waals surface area contributed by atoms with Crippen LogP contribution in [-0.2, 0) is 37.2 Å². The summed E-state index contributed by atoms with van der Waals surface area (Å²) < 4.78 is 27.2. The van der Waals surface area contributed by atoms with Crippen LogP contribution >= 0.6 is 24.2 Å². The Morgan fingerprint density at radius 2 is 1.63 bits per heavy atom. The van der Waals surface area contributed by atoms with Crippen LogP contribution in [0.1, 0.15) is 18.1 Å². The first-order valence-electron chi connectivity index (χ1n) is 11.7. The fourth-order valence-corrected chi connectivity index (χ4v) is 5.67. The number of nitrogens with two attached hydrogens (primary N) is 1. The molecule has 0 spiro atoms. The van der Waals surface area contributed by atoms with Gasteiger partial charge in [-0.15, -0.1) is 0 Å². The Kier molecular flexibility index (Phi) is 9.96. The number of rotatable bonds is 11. The highest BCUT2D eigenvalue weighted by Crippen LogP contribution is 2.27. The van der Waals surface area contributed by atoms with Crippen molar-refractivity contribution >= 4 is 52.0 Å². The summed E-state index contributed by atoms with van der Waals surface area (Å²) in [6, 6.07) is 19.4. The molecule has 0 aliphatic rings. The molecule has 3 amide bonds. The number of thiol groups is 1. The smallest absolute Gasteiger partial charge is 0.264 e. The summed E-state index contributed by atoms with van der Waals surface area (Å²) >= 11 is 10.3. The third kappa shape index (κ3) is 7.83. The molecule has 11 heteroatoms. The average molecular weight is 574 g/mol. The molecule has 0 saturated heterocycles. The van der Waals surface area contributed by atoms with Crippen molar-refractivity contribution in [1.29, 1.82) is 0 Å². The summed E-state index contributed by atoms with van der Waals surface area (Å²) in [7, 11) is -4.05.